The van der Waals surface area contributed by atoms with Gasteiger partial charge in [-0.2, -0.15) is 0 Å². The molecule has 4 aromatic carbocycles. The van der Waals surface area contributed by atoms with Crippen LogP contribution in [0.15, 0.2) is 108 Å². The van der Waals surface area contributed by atoms with Gasteiger partial charge < -0.3 is 24.4 Å². The lowest BCUT2D eigenvalue weighted by atomic mass is 10.0. The van der Waals surface area contributed by atoms with Crippen LogP contribution < -0.4 is 23.8 Å². The Kier molecular flexibility index (Phi) is 11.0. The number of anilines is 1. The second-order valence-corrected chi connectivity index (χ2v) is 12.9. The molecule has 1 heterocycles. The maximum absolute atomic E-state index is 14.6. The largest absolute Gasteiger partial charge is 0.497 e. The van der Waals surface area contributed by atoms with Crippen molar-refractivity contribution in [1.82, 2.24) is 10.2 Å². The summed E-state index contributed by atoms with van der Waals surface area (Å²) in [6.07, 6.45) is 0.933. The van der Waals surface area contributed by atoms with Gasteiger partial charge in [0.15, 0.2) is 11.5 Å². The van der Waals surface area contributed by atoms with Crippen LogP contribution in [0.5, 0.6) is 17.2 Å². The summed E-state index contributed by atoms with van der Waals surface area (Å²) < 4.78 is 46.3. The molecule has 246 valence electrons. The topological polar surface area (TPSA) is 114 Å². The van der Waals surface area contributed by atoms with Crippen molar-refractivity contribution in [2.45, 2.75) is 37.2 Å². The first-order valence-electron chi connectivity index (χ1n) is 15.5. The van der Waals surface area contributed by atoms with Crippen molar-refractivity contribution in [3.8, 4) is 17.2 Å². The molecule has 0 aliphatic carbocycles. The van der Waals surface area contributed by atoms with Crippen LogP contribution in [0, 0.1) is 0 Å². The van der Waals surface area contributed by atoms with Crippen LogP contribution in [0.1, 0.15) is 24.5 Å². The number of benzene rings is 4. The molecule has 2 amide bonds. The van der Waals surface area contributed by atoms with E-state index in [9.17, 15) is 18.0 Å². The molecule has 1 aliphatic rings. The Hall–Kier alpha value is -5.03. The fraction of sp³-hybridized carbons (Fsp3) is 0.278. The zero-order valence-electron chi connectivity index (χ0n) is 26.5. The summed E-state index contributed by atoms with van der Waals surface area (Å²) >= 11 is 0. The number of rotatable bonds is 14. The Labute approximate surface area is 275 Å². The minimum Gasteiger partial charge on any atom is -0.497 e. The Morgan fingerprint density at radius 2 is 1.53 bits per heavy atom. The molecule has 0 spiro atoms. The zero-order valence-corrected chi connectivity index (χ0v) is 27.3. The van der Waals surface area contributed by atoms with Crippen LogP contribution in [0.25, 0.3) is 0 Å². The summed E-state index contributed by atoms with van der Waals surface area (Å²) in [5.41, 5.74) is 1.80. The number of carbonyl (C=O) groups excluding carboxylic acids is 2. The van der Waals surface area contributed by atoms with Crippen LogP contribution >= 0.6 is 0 Å². The van der Waals surface area contributed by atoms with E-state index >= 15 is 0 Å². The van der Waals surface area contributed by atoms with E-state index in [1.54, 1.807) is 55.6 Å². The number of sulfonamides is 1. The van der Waals surface area contributed by atoms with E-state index in [0.717, 1.165) is 15.4 Å². The van der Waals surface area contributed by atoms with Gasteiger partial charge in [-0.1, -0.05) is 67.6 Å². The summed E-state index contributed by atoms with van der Waals surface area (Å²) in [5.74, 6) is 0.565. The molecule has 0 saturated carbocycles. The van der Waals surface area contributed by atoms with E-state index in [4.69, 9.17) is 14.2 Å². The summed E-state index contributed by atoms with van der Waals surface area (Å²) in [7, 11) is -2.69. The van der Waals surface area contributed by atoms with Crippen molar-refractivity contribution in [3.63, 3.8) is 0 Å². The predicted octanol–water partition coefficient (Wildman–Crippen LogP) is 4.83. The average molecular weight is 658 g/mol. The normalized spacial score (nSPS) is 12.9. The summed E-state index contributed by atoms with van der Waals surface area (Å²) in [5, 5.41) is 2.95. The fourth-order valence-electron chi connectivity index (χ4n) is 5.32. The third kappa shape index (κ3) is 8.23. The predicted molar refractivity (Wildman–Crippen MR) is 179 cm³/mol. The number of ether oxygens (including phenoxy) is 3. The number of fused-ring (bicyclic) bond motifs is 1. The Bertz CT molecular complexity index is 1770. The molecule has 0 fully saturated rings. The third-order valence-electron chi connectivity index (χ3n) is 7.73. The minimum absolute atomic E-state index is 0.0172. The second-order valence-electron chi connectivity index (χ2n) is 11.0. The standard InChI is InChI=1S/C36H39N3O7S/c1-3-19-37-36(41)32(23-27-11-6-4-7-12-27)38(25-28-13-10-14-30(22-28)44-2)35(40)26-39(47(42,43)31-15-8-5-9-16-31)29-17-18-33-34(24-29)46-21-20-45-33/h4-18,22,24,32H,3,19-21,23,25-26H2,1-2H3,(H,37,41)/t32-/m0/s1. The third-order valence-corrected chi connectivity index (χ3v) is 9.52. The second kappa shape index (κ2) is 15.5. The van der Waals surface area contributed by atoms with Crippen molar-refractivity contribution in [2.24, 2.45) is 0 Å². The molecule has 5 rings (SSSR count). The summed E-state index contributed by atoms with van der Waals surface area (Å²) in [4.78, 5) is 29.9. The SMILES string of the molecule is CCCNC(=O)[C@H](Cc1ccccc1)N(Cc1cccc(OC)c1)C(=O)CN(c1ccc2c(c1)OCCO2)S(=O)(=O)c1ccccc1. The first-order chi connectivity index (χ1) is 22.8. The van der Waals surface area contributed by atoms with Gasteiger partial charge >= 0.3 is 0 Å². The molecule has 4 aromatic rings. The molecule has 0 radical (unpaired) electrons. The van der Waals surface area contributed by atoms with Crippen LogP contribution in [0.4, 0.5) is 5.69 Å². The van der Waals surface area contributed by atoms with E-state index < -0.39 is 28.5 Å². The molecule has 1 aliphatic heterocycles. The highest BCUT2D eigenvalue weighted by molar-refractivity contribution is 7.92. The van der Waals surface area contributed by atoms with Gasteiger partial charge in [-0.15, -0.1) is 0 Å². The first-order valence-corrected chi connectivity index (χ1v) is 17.0. The van der Waals surface area contributed by atoms with Crippen LogP contribution in [0.2, 0.25) is 0 Å². The first kappa shape index (κ1) is 33.3. The van der Waals surface area contributed by atoms with Crippen molar-refractivity contribution < 1.29 is 32.2 Å². The Morgan fingerprint density at radius 1 is 0.851 bits per heavy atom. The molecule has 0 bridgehead atoms. The van der Waals surface area contributed by atoms with Gasteiger partial charge in [0.2, 0.25) is 11.8 Å². The number of methoxy groups -OCH3 is 1. The van der Waals surface area contributed by atoms with Gasteiger partial charge in [0.05, 0.1) is 17.7 Å². The van der Waals surface area contributed by atoms with E-state index in [0.29, 0.717) is 43.4 Å². The highest BCUT2D eigenvalue weighted by Crippen LogP contribution is 2.36. The van der Waals surface area contributed by atoms with E-state index in [2.05, 4.69) is 5.32 Å². The maximum atomic E-state index is 14.6. The highest BCUT2D eigenvalue weighted by Gasteiger charge is 2.35. The van der Waals surface area contributed by atoms with Crippen molar-refractivity contribution >= 4 is 27.5 Å². The van der Waals surface area contributed by atoms with Gasteiger partial charge in [-0.25, -0.2) is 8.42 Å². The summed E-state index contributed by atoms with van der Waals surface area (Å²) in [6, 6.07) is 28.4. The molecule has 1 N–H and O–H groups in total. The maximum Gasteiger partial charge on any atom is 0.264 e. The summed E-state index contributed by atoms with van der Waals surface area (Å²) in [6.45, 7) is 2.52. The lowest BCUT2D eigenvalue weighted by Gasteiger charge is -2.34. The Morgan fingerprint density at radius 3 is 2.23 bits per heavy atom. The Balaban J connectivity index is 1.58. The molecular weight excluding hydrogens is 618 g/mol. The lowest BCUT2D eigenvalue weighted by Crippen LogP contribution is -2.53. The molecule has 0 unspecified atom stereocenters. The monoisotopic (exact) mass is 657 g/mol. The molecule has 0 aromatic heterocycles. The van der Waals surface area contributed by atoms with Gasteiger partial charge in [0.25, 0.3) is 10.0 Å². The molecular formula is C36H39N3O7S. The minimum atomic E-state index is -4.24. The van der Waals surface area contributed by atoms with Crippen LogP contribution in [-0.4, -0.2) is 64.6 Å². The molecule has 11 heteroatoms. The van der Waals surface area contributed by atoms with Crippen molar-refractivity contribution in [3.05, 3.63) is 114 Å². The van der Waals surface area contributed by atoms with E-state index in [1.807, 2.05) is 49.4 Å². The van der Waals surface area contributed by atoms with Gasteiger partial charge in [-0.3, -0.25) is 13.9 Å². The van der Waals surface area contributed by atoms with E-state index in [1.165, 1.54) is 17.0 Å². The number of nitrogens with one attached hydrogen (secondary N) is 1. The van der Waals surface area contributed by atoms with Crippen LogP contribution in [-0.2, 0) is 32.6 Å². The zero-order chi connectivity index (χ0) is 33.2. The van der Waals surface area contributed by atoms with E-state index in [-0.39, 0.29) is 29.5 Å². The smallest absolute Gasteiger partial charge is 0.264 e. The van der Waals surface area contributed by atoms with Gasteiger partial charge in [0, 0.05) is 25.6 Å². The number of hydrogen-bond donors (Lipinski definition) is 1. The molecule has 1 atom stereocenters. The quantitative estimate of drug-likeness (QED) is 0.207. The van der Waals surface area contributed by atoms with Crippen LogP contribution in [0.3, 0.4) is 0 Å². The number of carbonyl (C=O) groups is 2. The van der Waals surface area contributed by atoms with Crippen molar-refractivity contribution in [2.75, 3.05) is 37.7 Å². The highest BCUT2D eigenvalue weighted by atomic mass is 32.2. The van der Waals surface area contributed by atoms with Crippen molar-refractivity contribution in [1.29, 1.82) is 0 Å². The van der Waals surface area contributed by atoms with Gasteiger partial charge in [0.1, 0.15) is 31.5 Å². The number of nitrogens with zero attached hydrogens (tertiary/aromatic N) is 2. The number of amides is 2. The average Bonchev–Trinajstić information content (AvgIpc) is 3.11. The molecule has 0 saturated heterocycles. The molecule has 47 heavy (non-hydrogen) atoms. The lowest BCUT2D eigenvalue weighted by molar-refractivity contribution is -0.140. The fourth-order valence-corrected chi connectivity index (χ4v) is 6.75. The van der Waals surface area contributed by atoms with Gasteiger partial charge in [-0.05, 0) is 53.9 Å². The molecule has 10 nitrogen and oxygen atoms in total. The number of hydrogen-bond acceptors (Lipinski definition) is 7.